The highest BCUT2D eigenvalue weighted by Crippen LogP contribution is 2.30. The van der Waals surface area contributed by atoms with Gasteiger partial charge in [0.2, 0.25) is 5.91 Å². The van der Waals surface area contributed by atoms with Crippen molar-refractivity contribution in [2.24, 2.45) is 5.92 Å². The Morgan fingerprint density at radius 3 is 2.09 bits per heavy atom. The number of anilines is 2. The second kappa shape index (κ2) is 6.96. The molecule has 23 heavy (non-hydrogen) atoms. The van der Waals surface area contributed by atoms with Crippen molar-refractivity contribution >= 4 is 23.3 Å². The van der Waals surface area contributed by atoms with Crippen molar-refractivity contribution in [2.75, 3.05) is 10.6 Å². The highest BCUT2D eigenvalue weighted by Gasteiger charge is 2.29. The number of carbonyl (C=O) groups is 2. The van der Waals surface area contributed by atoms with Crippen molar-refractivity contribution in [3.63, 3.8) is 0 Å². The molecule has 0 aromatic heterocycles. The molecule has 0 aliphatic heterocycles. The van der Waals surface area contributed by atoms with Crippen LogP contribution < -0.4 is 16.0 Å². The van der Waals surface area contributed by atoms with Gasteiger partial charge in [0.05, 0.1) is 0 Å². The first-order chi connectivity index (χ1) is 11.2. The Morgan fingerprint density at radius 1 is 0.870 bits per heavy atom. The Hall–Kier alpha value is -2.82. The molecular formula is C18H19N3O2. The van der Waals surface area contributed by atoms with E-state index in [1.165, 1.54) is 0 Å². The Kier molecular flexibility index (Phi) is 4.57. The van der Waals surface area contributed by atoms with Crippen LogP contribution in [0.25, 0.3) is 0 Å². The quantitative estimate of drug-likeness (QED) is 0.792. The number of hydrogen-bond donors (Lipinski definition) is 3. The highest BCUT2D eigenvalue weighted by atomic mass is 16.2. The molecule has 0 radical (unpaired) electrons. The van der Waals surface area contributed by atoms with Crippen LogP contribution in [0.3, 0.4) is 0 Å². The van der Waals surface area contributed by atoms with Gasteiger partial charge in [0.1, 0.15) is 0 Å². The van der Waals surface area contributed by atoms with Gasteiger partial charge < -0.3 is 16.0 Å². The minimum Gasteiger partial charge on any atom is -0.334 e. The third-order valence-corrected chi connectivity index (χ3v) is 3.65. The molecule has 0 atom stereocenters. The summed E-state index contributed by atoms with van der Waals surface area (Å²) < 4.78 is 0. The van der Waals surface area contributed by atoms with Crippen LogP contribution in [0.4, 0.5) is 16.2 Å². The van der Waals surface area contributed by atoms with Gasteiger partial charge in [-0.2, -0.15) is 0 Å². The summed E-state index contributed by atoms with van der Waals surface area (Å²) in [7, 11) is 0. The maximum absolute atomic E-state index is 11.9. The van der Waals surface area contributed by atoms with E-state index in [-0.39, 0.29) is 17.9 Å². The number of benzene rings is 2. The molecule has 5 heteroatoms. The fraction of sp³-hybridized carbons (Fsp3) is 0.222. The Morgan fingerprint density at radius 2 is 1.48 bits per heavy atom. The second-order valence-electron chi connectivity index (χ2n) is 5.63. The molecule has 0 bridgehead atoms. The minimum atomic E-state index is -0.261. The van der Waals surface area contributed by atoms with Crippen LogP contribution in [-0.2, 0) is 11.3 Å². The molecule has 1 fully saturated rings. The van der Waals surface area contributed by atoms with Crippen molar-refractivity contribution in [3.05, 3.63) is 60.2 Å². The third kappa shape index (κ3) is 4.57. The number of nitrogens with one attached hydrogen (secondary N) is 3. The SMILES string of the molecule is O=C(NCc1ccccc1)Nc1ccc(NC(=O)C2CC2)cc1. The molecule has 3 amide bonds. The molecule has 0 spiro atoms. The topological polar surface area (TPSA) is 70.2 Å². The van der Waals surface area contributed by atoms with Gasteiger partial charge in [-0.05, 0) is 42.7 Å². The zero-order valence-corrected chi connectivity index (χ0v) is 12.7. The summed E-state index contributed by atoms with van der Waals surface area (Å²) in [5, 5.41) is 8.43. The van der Waals surface area contributed by atoms with Crippen molar-refractivity contribution in [2.45, 2.75) is 19.4 Å². The highest BCUT2D eigenvalue weighted by molar-refractivity contribution is 5.94. The molecule has 1 aliphatic carbocycles. The number of carbonyl (C=O) groups excluding carboxylic acids is 2. The van der Waals surface area contributed by atoms with Crippen molar-refractivity contribution in [1.82, 2.24) is 5.32 Å². The van der Waals surface area contributed by atoms with Crippen LogP contribution in [0.5, 0.6) is 0 Å². The number of amides is 3. The normalized spacial score (nSPS) is 13.2. The molecule has 1 saturated carbocycles. The predicted molar refractivity (Wildman–Crippen MR) is 90.1 cm³/mol. The lowest BCUT2D eigenvalue weighted by molar-refractivity contribution is -0.117. The third-order valence-electron chi connectivity index (χ3n) is 3.65. The predicted octanol–water partition coefficient (Wildman–Crippen LogP) is 3.36. The van der Waals surface area contributed by atoms with Gasteiger partial charge in [0.15, 0.2) is 0 Å². The van der Waals surface area contributed by atoms with E-state index in [9.17, 15) is 9.59 Å². The van der Waals surface area contributed by atoms with Gasteiger partial charge in [-0.25, -0.2) is 4.79 Å². The van der Waals surface area contributed by atoms with Crippen LogP contribution in [0.2, 0.25) is 0 Å². The molecule has 2 aromatic rings. The van der Waals surface area contributed by atoms with E-state index in [1.54, 1.807) is 24.3 Å². The van der Waals surface area contributed by atoms with Crippen LogP contribution >= 0.6 is 0 Å². The second-order valence-corrected chi connectivity index (χ2v) is 5.63. The monoisotopic (exact) mass is 309 g/mol. The van der Waals surface area contributed by atoms with E-state index in [2.05, 4.69) is 16.0 Å². The van der Waals surface area contributed by atoms with Crippen LogP contribution in [0, 0.1) is 5.92 Å². The summed E-state index contributed by atoms with van der Waals surface area (Å²) in [5.41, 5.74) is 2.47. The average Bonchev–Trinajstić information content (AvgIpc) is 3.41. The summed E-state index contributed by atoms with van der Waals surface area (Å²) in [6.07, 6.45) is 1.96. The largest absolute Gasteiger partial charge is 0.334 e. The molecule has 0 unspecified atom stereocenters. The summed E-state index contributed by atoms with van der Waals surface area (Å²) in [6.45, 7) is 0.474. The summed E-state index contributed by atoms with van der Waals surface area (Å²) in [5.74, 6) is 0.253. The van der Waals surface area contributed by atoms with Gasteiger partial charge in [-0.3, -0.25) is 4.79 Å². The lowest BCUT2D eigenvalue weighted by Gasteiger charge is -2.09. The maximum Gasteiger partial charge on any atom is 0.319 e. The molecule has 3 rings (SSSR count). The minimum absolute atomic E-state index is 0.0753. The van der Waals surface area contributed by atoms with E-state index in [0.717, 1.165) is 24.1 Å². The van der Waals surface area contributed by atoms with Gasteiger partial charge in [-0.1, -0.05) is 30.3 Å². The van der Waals surface area contributed by atoms with Crippen LogP contribution in [0.15, 0.2) is 54.6 Å². The first kappa shape index (κ1) is 15.1. The summed E-state index contributed by atoms with van der Waals surface area (Å²) in [4.78, 5) is 23.5. The van der Waals surface area contributed by atoms with Crippen molar-refractivity contribution in [1.29, 1.82) is 0 Å². The molecular weight excluding hydrogens is 290 g/mol. The lowest BCUT2D eigenvalue weighted by atomic mass is 10.2. The summed E-state index contributed by atoms with van der Waals surface area (Å²) in [6, 6.07) is 16.6. The molecule has 118 valence electrons. The standard InChI is InChI=1S/C18H19N3O2/c22-17(14-6-7-14)20-15-8-10-16(11-9-15)21-18(23)19-12-13-4-2-1-3-5-13/h1-5,8-11,14H,6-7,12H2,(H,20,22)(H2,19,21,23). The van der Waals surface area contributed by atoms with E-state index in [0.29, 0.717) is 12.2 Å². The molecule has 0 heterocycles. The van der Waals surface area contributed by atoms with E-state index < -0.39 is 0 Å². The molecule has 1 aliphatic rings. The van der Waals surface area contributed by atoms with Crippen LogP contribution in [-0.4, -0.2) is 11.9 Å². The van der Waals surface area contributed by atoms with Gasteiger partial charge in [0, 0.05) is 23.8 Å². The number of hydrogen-bond acceptors (Lipinski definition) is 2. The fourth-order valence-corrected chi connectivity index (χ4v) is 2.18. The van der Waals surface area contributed by atoms with Gasteiger partial charge in [-0.15, -0.1) is 0 Å². The average molecular weight is 309 g/mol. The lowest BCUT2D eigenvalue weighted by Crippen LogP contribution is -2.28. The molecule has 3 N–H and O–H groups in total. The molecule has 0 saturated heterocycles. The van der Waals surface area contributed by atoms with Crippen LogP contribution in [0.1, 0.15) is 18.4 Å². The summed E-state index contributed by atoms with van der Waals surface area (Å²) >= 11 is 0. The van der Waals surface area contributed by atoms with Gasteiger partial charge >= 0.3 is 6.03 Å². The van der Waals surface area contributed by atoms with E-state index >= 15 is 0 Å². The Balaban J connectivity index is 1.47. The van der Waals surface area contributed by atoms with E-state index in [4.69, 9.17) is 0 Å². The maximum atomic E-state index is 11.9. The zero-order valence-electron chi connectivity index (χ0n) is 12.7. The fourth-order valence-electron chi connectivity index (χ4n) is 2.18. The molecule has 5 nitrogen and oxygen atoms in total. The van der Waals surface area contributed by atoms with Gasteiger partial charge in [0.25, 0.3) is 0 Å². The Labute approximate surface area is 135 Å². The van der Waals surface area contributed by atoms with Crippen molar-refractivity contribution < 1.29 is 9.59 Å². The number of urea groups is 1. The Bertz CT molecular complexity index is 679. The zero-order chi connectivity index (χ0) is 16.1. The first-order valence-corrected chi connectivity index (χ1v) is 7.70. The first-order valence-electron chi connectivity index (χ1n) is 7.70. The molecule has 2 aromatic carbocycles. The van der Waals surface area contributed by atoms with Crippen molar-refractivity contribution in [3.8, 4) is 0 Å². The van der Waals surface area contributed by atoms with E-state index in [1.807, 2.05) is 30.3 Å². The smallest absolute Gasteiger partial charge is 0.319 e. The number of rotatable bonds is 5.